The molecule has 2 N–H and O–H groups in total. The van der Waals surface area contributed by atoms with Crippen LogP contribution >= 0.6 is 0 Å². The molecule has 1 heterocycles. The van der Waals surface area contributed by atoms with E-state index in [1.165, 1.54) is 0 Å². The van der Waals surface area contributed by atoms with Crippen molar-refractivity contribution in [2.75, 3.05) is 13.7 Å². The number of hydrogen-bond acceptors (Lipinski definition) is 4. The lowest BCUT2D eigenvalue weighted by Crippen LogP contribution is -2.43. The highest BCUT2D eigenvalue weighted by molar-refractivity contribution is 5.29. The zero-order valence-corrected chi connectivity index (χ0v) is 12.8. The number of hydrogen-bond donors (Lipinski definition) is 2. The molecule has 2 aromatic rings. The molecule has 0 spiro atoms. The van der Waals surface area contributed by atoms with Crippen LogP contribution in [-0.2, 0) is 16.8 Å². The summed E-state index contributed by atoms with van der Waals surface area (Å²) in [5, 5.41) is 13.3. The van der Waals surface area contributed by atoms with Gasteiger partial charge >= 0.3 is 0 Å². The lowest BCUT2D eigenvalue weighted by atomic mass is 9.92. The molecule has 1 atom stereocenters. The van der Waals surface area contributed by atoms with E-state index < -0.39 is 0 Å². The third kappa shape index (κ3) is 3.80. The molecule has 0 saturated carbocycles. The van der Waals surface area contributed by atoms with Crippen LogP contribution in [0.3, 0.4) is 0 Å². The van der Waals surface area contributed by atoms with E-state index in [9.17, 15) is 5.11 Å². The molecule has 4 nitrogen and oxygen atoms in total. The first-order valence-corrected chi connectivity index (χ1v) is 7.00. The standard InChI is InChI=1S/C17H22N2O2/c1-13-9-10-16(20)15(19-13)11-18-17(2,12-21-3)14-7-5-4-6-8-14/h4-10,18,20H,11-12H2,1-3H3/t17-/m1/s1. The molecule has 0 aliphatic rings. The fraction of sp³-hybridized carbons (Fsp3) is 0.353. The number of ether oxygens (including phenoxy) is 1. The maximum atomic E-state index is 9.90. The Balaban J connectivity index is 2.19. The molecule has 0 bridgehead atoms. The van der Waals surface area contributed by atoms with Gasteiger partial charge in [-0.15, -0.1) is 0 Å². The molecule has 21 heavy (non-hydrogen) atoms. The Kier molecular flexibility index (Phi) is 4.94. The highest BCUT2D eigenvalue weighted by atomic mass is 16.5. The molecule has 1 aromatic heterocycles. The maximum absolute atomic E-state index is 9.90. The Morgan fingerprint density at radius 2 is 1.90 bits per heavy atom. The van der Waals surface area contributed by atoms with Gasteiger partial charge in [0.2, 0.25) is 0 Å². The zero-order chi connectivity index (χ0) is 15.3. The molecule has 4 heteroatoms. The molecular weight excluding hydrogens is 264 g/mol. The minimum atomic E-state index is -0.339. The van der Waals surface area contributed by atoms with Crippen molar-refractivity contribution in [3.63, 3.8) is 0 Å². The molecule has 112 valence electrons. The van der Waals surface area contributed by atoms with Crippen molar-refractivity contribution in [2.24, 2.45) is 0 Å². The number of nitrogens with one attached hydrogen (secondary N) is 1. The number of rotatable bonds is 6. The number of benzene rings is 1. The quantitative estimate of drug-likeness (QED) is 0.857. The van der Waals surface area contributed by atoms with E-state index in [-0.39, 0.29) is 11.3 Å². The average molecular weight is 286 g/mol. The molecule has 2 rings (SSSR count). The van der Waals surface area contributed by atoms with Gasteiger partial charge in [-0.05, 0) is 31.5 Å². The first kappa shape index (κ1) is 15.5. The molecule has 0 fully saturated rings. The highest BCUT2D eigenvalue weighted by Gasteiger charge is 2.26. The number of aromatic hydroxyl groups is 1. The fourth-order valence-electron chi connectivity index (χ4n) is 2.34. The minimum absolute atomic E-state index is 0.209. The summed E-state index contributed by atoms with van der Waals surface area (Å²) < 4.78 is 5.36. The van der Waals surface area contributed by atoms with Gasteiger partial charge in [-0.2, -0.15) is 0 Å². The largest absolute Gasteiger partial charge is 0.506 e. The van der Waals surface area contributed by atoms with Gasteiger partial charge < -0.3 is 9.84 Å². The monoisotopic (exact) mass is 286 g/mol. The van der Waals surface area contributed by atoms with Gasteiger partial charge in [0.05, 0.1) is 17.8 Å². The smallest absolute Gasteiger partial charge is 0.138 e. The Morgan fingerprint density at radius 1 is 1.19 bits per heavy atom. The SMILES string of the molecule is COC[C@@](C)(NCc1nc(C)ccc1O)c1ccccc1. The van der Waals surface area contributed by atoms with E-state index in [1.807, 2.05) is 25.1 Å². The molecule has 0 amide bonds. The maximum Gasteiger partial charge on any atom is 0.138 e. The predicted octanol–water partition coefficient (Wildman–Crippen LogP) is 2.75. The summed E-state index contributed by atoms with van der Waals surface area (Å²) in [5.74, 6) is 0.209. The van der Waals surface area contributed by atoms with Crippen molar-refractivity contribution in [3.8, 4) is 5.75 Å². The molecule has 0 aliphatic heterocycles. The van der Waals surface area contributed by atoms with Gasteiger partial charge in [-0.1, -0.05) is 30.3 Å². The van der Waals surface area contributed by atoms with Gasteiger partial charge in [0, 0.05) is 19.3 Å². The van der Waals surface area contributed by atoms with Crippen LogP contribution < -0.4 is 5.32 Å². The molecular formula is C17H22N2O2. The number of methoxy groups -OCH3 is 1. The summed E-state index contributed by atoms with van der Waals surface area (Å²) in [6, 6.07) is 13.6. The van der Waals surface area contributed by atoms with Crippen molar-refractivity contribution in [1.82, 2.24) is 10.3 Å². The van der Waals surface area contributed by atoms with Crippen molar-refractivity contribution in [2.45, 2.75) is 25.9 Å². The van der Waals surface area contributed by atoms with Crippen LogP contribution in [0.5, 0.6) is 5.75 Å². The number of aromatic nitrogens is 1. The zero-order valence-electron chi connectivity index (χ0n) is 12.8. The van der Waals surface area contributed by atoms with Crippen molar-refractivity contribution in [1.29, 1.82) is 0 Å². The Bertz CT molecular complexity index is 587. The lowest BCUT2D eigenvalue weighted by molar-refractivity contribution is 0.116. The fourth-order valence-corrected chi connectivity index (χ4v) is 2.34. The van der Waals surface area contributed by atoms with Gasteiger partial charge in [0.25, 0.3) is 0 Å². The van der Waals surface area contributed by atoms with Crippen LogP contribution in [0, 0.1) is 6.92 Å². The third-order valence-electron chi connectivity index (χ3n) is 3.58. The van der Waals surface area contributed by atoms with Crippen LogP contribution in [0.15, 0.2) is 42.5 Å². The van der Waals surface area contributed by atoms with Gasteiger partial charge in [0.1, 0.15) is 5.75 Å². The summed E-state index contributed by atoms with van der Waals surface area (Å²) >= 11 is 0. The second kappa shape index (κ2) is 6.70. The van der Waals surface area contributed by atoms with Crippen LogP contribution in [0.4, 0.5) is 0 Å². The number of aryl methyl sites for hydroxylation is 1. The minimum Gasteiger partial charge on any atom is -0.506 e. The van der Waals surface area contributed by atoms with E-state index in [2.05, 4.69) is 29.4 Å². The first-order valence-electron chi connectivity index (χ1n) is 7.00. The van der Waals surface area contributed by atoms with E-state index in [0.717, 1.165) is 11.3 Å². The van der Waals surface area contributed by atoms with Crippen LogP contribution in [0.25, 0.3) is 0 Å². The van der Waals surface area contributed by atoms with Crippen molar-refractivity contribution >= 4 is 0 Å². The molecule has 0 aliphatic carbocycles. The van der Waals surface area contributed by atoms with Gasteiger partial charge in [-0.3, -0.25) is 10.3 Å². The van der Waals surface area contributed by atoms with E-state index in [4.69, 9.17) is 4.74 Å². The topological polar surface area (TPSA) is 54.4 Å². The van der Waals surface area contributed by atoms with Gasteiger partial charge in [-0.25, -0.2) is 0 Å². The summed E-state index contributed by atoms with van der Waals surface area (Å²) in [7, 11) is 1.69. The average Bonchev–Trinajstić information content (AvgIpc) is 2.49. The lowest BCUT2D eigenvalue weighted by Gasteiger charge is -2.31. The Labute approximate surface area is 125 Å². The van der Waals surface area contributed by atoms with Crippen molar-refractivity contribution in [3.05, 3.63) is 59.4 Å². The van der Waals surface area contributed by atoms with E-state index in [1.54, 1.807) is 19.2 Å². The molecule has 0 unspecified atom stereocenters. The van der Waals surface area contributed by atoms with E-state index >= 15 is 0 Å². The van der Waals surface area contributed by atoms with Crippen LogP contribution in [-0.4, -0.2) is 23.8 Å². The van der Waals surface area contributed by atoms with Crippen LogP contribution in [0.1, 0.15) is 23.9 Å². The normalized spacial score (nSPS) is 13.9. The Hall–Kier alpha value is -1.91. The molecule has 0 saturated heterocycles. The molecule has 1 aromatic carbocycles. The Morgan fingerprint density at radius 3 is 2.57 bits per heavy atom. The summed E-state index contributed by atoms with van der Waals surface area (Å²) in [6.45, 7) is 5.00. The first-order chi connectivity index (χ1) is 10.0. The highest BCUT2D eigenvalue weighted by Crippen LogP contribution is 2.23. The second-order valence-electron chi connectivity index (χ2n) is 5.40. The summed E-state index contributed by atoms with van der Waals surface area (Å²) in [5.41, 5.74) is 2.33. The summed E-state index contributed by atoms with van der Waals surface area (Å²) in [4.78, 5) is 4.38. The van der Waals surface area contributed by atoms with Crippen molar-refractivity contribution < 1.29 is 9.84 Å². The number of pyridine rings is 1. The van der Waals surface area contributed by atoms with Gasteiger partial charge in [0.15, 0.2) is 0 Å². The molecule has 0 radical (unpaired) electrons. The van der Waals surface area contributed by atoms with Crippen LogP contribution in [0.2, 0.25) is 0 Å². The number of nitrogens with zero attached hydrogens (tertiary/aromatic N) is 1. The summed E-state index contributed by atoms with van der Waals surface area (Å²) in [6.07, 6.45) is 0. The van der Waals surface area contributed by atoms with E-state index in [0.29, 0.717) is 18.8 Å². The second-order valence-corrected chi connectivity index (χ2v) is 5.40. The third-order valence-corrected chi connectivity index (χ3v) is 3.58. The predicted molar refractivity (Wildman–Crippen MR) is 83.1 cm³/mol.